The molecule has 3 heterocycles. The van der Waals surface area contributed by atoms with Crippen molar-refractivity contribution in [1.29, 1.82) is 0 Å². The van der Waals surface area contributed by atoms with Crippen LogP contribution in [-0.4, -0.2) is 24.4 Å². The molecule has 0 unspecified atom stereocenters. The van der Waals surface area contributed by atoms with Crippen LogP contribution in [0.3, 0.4) is 0 Å². The summed E-state index contributed by atoms with van der Waals surface area (Å²) in [6, 6.07) is 2.92. The fourth-order valence-corrected chi connectivity index (χ4v) is 1.79. The molecule has 0 saturated carbocycles. The van der Waals surface area contributed by atoms with Crippen molar-refractivity contribution in [2.24, 2.45) is 7.05 Å². The Labute approximate surface area is 101 Å². The van der Waals surface area contributed by atoms with Gasteiger partial charge in [0.2, 0.25) is 0 Å². The van der Waals surface area contributed by atoms with Crippen molar-refractivity contribution in [2.45, 2.75) is 6.43 Å². The van der Waals surface area contributed by atoms with E-state index in [4.69, 9.17) is 0 Å². The minimum Gasteiger partial charge on any atom is -0.275 e. The Morgan fingerprint density at radius 3 is 2.78 bits per heavy atom. The second kappa shape index (κ2) is 3.86. The molecule has 92 valence electrons. The summed E-state index contributed by atoms with van der Waals surface area (Å²) in [5, 5.41) is 7.84. The van der Waals surface area contributed by atoms with Crippen molar-refractivity contribution in [1.82, 2.24) is 24.4 Å². The maximum Gasteiger partial charge on any atom is 0.280 e. The SMILES string of the molecule is Cn1cc(-c2cc(C(F)F)n3nccc3n2)cn1. The number of hydrogen-bond acceptors (Lipinski definition) is 3. The molecule has 7 heteroatoms. The van der Waals surface area contributed by atoms with Crippen molar-refractivity contribution < 1.29 is 8.78 Å². The summed E-state index contributed by atoms with van der Waals surface area (Å²) in [5.41, 5.74) is 1.38. The summed E-state index contributed by atoms with van der Waals surface area (Å²) in [4.78, 5) is 4.28. The van der Waals surface area contributed by atoms with E-state index in [1.807, 2.05) is 0 Å². The predicted octanol–water partition coefficient (Wildman–Crippen LogP) is 2.07. The van der Waals surface area contributed by atoms with Crippen molar-refractivity contribution in [3.63, 3.8) is 0 Å². The highest BCUT2D eigenvalue weighted by Gasteiger charge is 2.16. The van der Waals surface area contributed by atoms with Crippen LogP contribution in [0.15, 0.2) is 30.7 Å². The minimum atomic E-state index is -2.61. The standard InChI is InChI=1S/C11H9F2N5/c1-17-6-7(5-15-17)8-4-9(11(12)13)18-10(16-8)2-3-14-18/h2-6,11H,1H3. The van der Waals surface area contributed by atoms with Crippen LogP contribution >= 0.6 is 0 Å². The molecule has 0 bridgehead atoms. The van der Waals surface area contributed by atoms with Gasteiger partial charge in [0.25, 0.3) is 6.43 Å². The molecule has 18 heavy (non-hydrogen) atoms. The number of aromatic nitrogens is 5. The highest BCUT2D eigenvalue weighted by Crippen LogP contribution is 2.24. The molecule has 3 aromatic heterocycles. The van der Waals surface area contributed by atoms with E-state index in [2.05, 4.69) is 15.2 Å². The van der Waals surface area contributed by atoms with Gasteiger partial charge in [0, 0.05) is 24.9 Å². The number of halogens is 2. The first-order valence-electron chi connectivity index (χ1n) is 5.27. The lowest BCUT2D eigenvalue weighted by Gasteiger charge is -2.05. The van der Waals surface area contributed by atoms with Gasteiger partial charge in [-0.3, -0.25) is 4.68 Å². The highest BCUT2D eigenvalue weighted by atomic mass is 19.3. The molecule has 0 radical (unpaired) electrons. The number of rotatable bonds is 2. The van der Waals surface area contributed by atoms with Crippen LogP contribution in [0.1, 0.15) is 12.1 Å². The Morgan fingerprint density at radius 2 is 2.11 bits per heavy atom. The van der Waals surface area contributed by atoms with Gasteiger partial charge in [0.05, 0.1) is 18.1 Å². The van der Waals surface area contributed by atoms with Crippen LogP contribution in [0.5, 0.6) is 0 Å². The third-order valence-corrected chi connectivity index (χ3v) is 2.61. The summed E-state index contributed by atoms with van der Waals surface area (Å²) in [6.07, 6.45) is 2.15. The number of fused-ring (bicyclic) bond motifs is 1. The van der Waals surface area contributed by atoms with Gasteiger partial charge in [0.15, 0.2) is 5.65 Å². The molecule has 3 aromatic rings. The average molecular weight is 249 g/mol. The Morgan fingerprint density at radius 1 is 1.28 bits per heavy atom. The van der Waals surface area contributed by atoms with E-state index in [-0.39, 0.29) is 5.69 Å². The first-order valence-corrected chi connectivity index (χ1v) is 5.27. The lowest BCUT2D eigenvalue weighted by molar-refractivity contribution is 0.143. The molecule has 5 nitrogen and oxygen atoms in total. The Kier molecular flexibility index (Phi) is 2.32. The molecule has 0 aliphatic carbocycles. The van der Waals surface area contributed by atoms with E-state index in [1.54, 1.807) is 30.2 Å². The fourth-order valence-electron chi connectivity index (χ4n) is 1.79. The van der Waals surface area contributed by atoms with Gasteiger partial charge in [-0.1, -0.05) is 0 Å². The van der Waals surface area contributed by atoms with E-state index in [9.17, 15) is 8.78 Å². The maximum absolute atomic E-state index is 13.0. The van der Waals surface area contributed by atoms with Crippen LogP contribution in [0.2, 0.25) is 0 Å². The Balaban J connectivity index is 2.24. The maximum atomic E-state index is 13.0. The summed E-state index contributed by atoms with van der Waals surface area (Å²) in [6.45, 7) is 0. The summed E-state index contributed by atoms with van der Waals surface area (Å²) >= 11 is 0. The van der Waals surface area contributed by atoms with Crippen LogP contribution in [0, 0.1) is 0 Å². The lowest BCUT2D eigenvalue weighted by Crippen LogP contribution is -2.01. The zero-order valence-electron chi connectivity index (χ0n) is 9.46. The van der Waals surface area contributed by atoms with Gasteiger partial charge >= 0.3 is 0 Å². The number of nitrogens with zero attached hydrogens (tertiary/aromatic N) is 5. The van der Waals surface area contributed by atoms with Gasteiger partial charge in [0.1, 0.15) is 5.69 Å². The Bertz CT molecular complexity index is 700. The second-order valence-corrected chi connectivity index (χ2v) is 3.87. The molecular weight excluding hydrogens is 240 g/mol. The van der Waals surface area contributed by atoms with Gasteiger partial charge in [-0.15, -0.1) is 0 Å². The molecule has 0 amide bonds. The quantitative estimate of drug-likeness (QED) is 0.698. The third-order valence-electron chi connectivity index (χ3n) is 2.61. The van der Waals surface area contributed by atoms with Crippen LogP contribution < -0.4 is 0 Å². The first kappa shape index (κ1) is 10.8. The summed E-state index contributed by atoms with van der Waals surface area (Å²) in [5.74, 6) is 0. The fraction of sp³-hybridized carbons (Fsp3) is 0.182. The van der Waals surface area contributed by atoms with Gasteiger partial charge in [-0.2, -0.15) is 10.2 Å². The van der Waals surface area contributed by atoms with Crippen LogP contribution in [0.4, 0.5) is 8.78 Å². The van der Waals surface area contributed by atoms with Gasteiger partial charge < -0.3 is 0 Å². The van der Waals surface area contributed by atoms with Crippen LogP contribution in [-0.2, 0) is 7.05 Å². The highest BCUT2D eigenvalue weighted by molar-refractivity contribution is 5.60. The summed E-state index contributed by atoms with van der Waals surface area (Å²) in [7, 11) is 1.76. The summed E-state index contributed by atoms with van der Waals surface area (Å²) < 4.78 is 28.7. The number of aryl methyl sites for hydroxylation is 1. The molecule has 0 N–H and O–H groups in total. The van der Waals surface area contributed by atoms with Gasteiger partial charge in [-0.05, 0) is 6.07 Å². The predicted molar refractivity (Wildman–Crippen MR) is 60.1 cm³/mol. The molecule has 0 saturated heterocycles. The van der Waals surface area contributed by atoms with Crippen molar-refractivity contribution in [3.8, 4) is 11.3 Å². The zero-order valence-corrected chi connectivity index (χ0v) is 9.46. The molecule has 3 rings (SSSR count). The van der Waals surface area contributed by atoms with E-state index in [0.717, 1.165) is 4.52 Å². The molecule has 0 aromatic carbocycles. The molecule has 0 atom stereocenters. The smallest absolute Gasteiger partial charge is 0.275 e. The lowest BCUT2D eigenvalue weighted by atomic mass is 10.2. The van der Waals surface area contributed by atoms with Crippen molar-refractivity contribution in [3.05, 3.63) is 36.4 Å². The zero-order chi connectivity index (χ0) is 12.7. The third kappa shape index (κ3) is 1.64. The molecule has 0 fully saturated rings. The minimum absolute atomic E-state index is 0.177. The average Bonchev–Trinajstić information content (AvgIpc) is 2.95. The van der Waals surface area contributed by atoms with Crippen LogP contribution in [0.25, 0.3) is 16.9 Å². The van der Waals surface area contributed by atoms with Gasteiger partial charge in [-0.25, -0.2) is 18.3 Å². The largest absolute Gasteiger partial charge is 0.280 e. The second-order valence-electron chi connectivity index (χ2n) is 3.87. The Hall–Kier alpha value is -2.31. The number of hydrogen-bond donors (Lipinski definition) is 0. The normalized spacial score (nSPS) is 11.6. The van der Waals surface area contributed by atoms with E-state index in [1.165, 1.54) is 12.3 Å². The first-order chi connectivity index (χ1) is 8.65. The van der Waals surface area contributed by atoms with E-state index < -0.39 is 6.43 Å². The van der Waals surface area contributed by atoms with E-state index in [0.29, 0.717) is 16.9 Å². The van der Waals surface area contributed by atoms with E-state index >= 15 is 0 Å². The molecule has 0 aliphatic heterocycles. The monoisotopic (exact) mass is 249 g/mol. The topological polar surface area (TPSA) is 48.0 Å². The van der Waals surface area contributed by atoms with Crippen molar-refractivity contribution in [2.75, 3.05) is 0 Å². The molecule has 0 spiro atoms. The number of alkyl halides is 2. The molecular formula is C11H9F2N5. The van der Waals surface area contributed by atoms with Crippen molar-refractivity contribution >= 4 is 5.65 Å². The molecule has 0 aliphatic rings.